The highest BCUT2D eigenvalue weighted by molar-refractivity contribution is 7.17. The van der Waals surface area contributed by atoms with Gasteiger partial charge in [0.1, 0.15) is 0 Å². The molecule has 3 nitrogen and oxygen atoms in total. The minimum absolute atomic E-state index is 0.127. The van der Waals surface area contributed by atoms with E-state index < -0.39 is 0 Å². The fourth-order valence-electron chi connectivity index (χ4n) is 2.26. The molecule has 0 spiro atoms. The Hall–Kier alpha value is -0.940. The summed E-state index contributed by atoms with van der Waals surface area (Å²) in [6.07, 6.45) is 1.04. The highest BCUT2D eigenvalue weighted by Crippen LogP contribution is 2.28. The van der Waals surface area contributed by atoms with Crippen molar-refractivity contribution in [2.45, 2.75) is 19.9 Å². The van der Waals surface area contributed by atoms with Crippen LogP contribution in [0.4, 0.5) is 0 Å². The summed E-state index contributed by atoms with van der Waals surface area (Å²) in [7, 11) is 0. The van der Waals surface area contributed by atoms with Gasteiger partial charge in [-0.3, -0.25) is 4.90 Å². The number of thiophene rings is 1. The summed E-state index contributed by atoms with van der Waals surface area (Å²) in [6, 6.07) is 6.63. The predicted octanol–water partition coefficient (Wildman–Crippen LogP) is 2.25. The van der Waals surface area contributed by atoms with Crippen LogP contribution in [0, 0.1) is 0 Å². The van der Waals surface area contributed by atoms with Gasteiger partial charge in [0.25, 0.3) is 0 Å². The van der Waals surface area contributed by atoms with E-state index in [1.165, 1.54) is 21.2 Å². The van der Waals surface area contributed by atoms with Gasteiger partial charge in [0, 0.05) is 24.3 Å². The van der Waals surface area contributed by atoms with E-state index in [1.807, 2.05) is 0 Å². The normalized spacial score (nSPS) is 11.6. The molecular weight excluding hydrogens is 258 g/mol. The van der Waals surface area contributed by atoms with Crippen LogP contribution in [0.3, 0.4) is 0 Å². The average molecular weight is 279 g/mol. The molecular formula is C15H21NO2S. The molecule has 0 unspecified atom stereocenters. The van der Waals surface area contributed by atoms with Crippen molar-refractivity contribution in [1.29, 1.82) is 0 Å². The maximum Gasteiger partial charge on any atom is 0.0558 e. The zero-order valence-corrected chi connectivity index (χ0v) is 12.1. The molecule has 2 N–H and O–H groups in total. The largest absolute Gasteiger partial charge is 0.395 e. The Kier molecular flexibility index (Phi) is 5.34. The minimum Gasteiger partial charge on any atom is -0.395 e. The standard InChI is InChI=1S/C15H21NO2S/c1-2-12-3-4-15-14(9-12)13(11-19-15)10-16(5-7-17)6-8-18/h3-4,9,11,17-18H,2,5-8,10H2,1H3. The third-order valence-corrected chi connectivity index (χ3v) is 4.37. The number of nitrogens with zero attached hydrogens (tertiary/aromatic N) is 1. The van der Waals surface area contributed by atoms with Gasteiger partial charge >= 0.3 is 0 Å². The molecule has 2 rings (SSSR count). The third-order valence-electron chi connectivity index (χ3n) is 3.35. The lowest BCUT2D eigenvalue weighted by Gasteiger charge is -2.19. The second-order valence-electron chi connectivity index (χ2n) is 4.67. The summed E-state index contributed by atoms with van der Waals surface area (Å²) < 4.78 is 1.31. The first-order valence-corrected chi connectivity index (χ1v) is 7.59. The number of aryl methyl sites for hydroxylation is 1. The van der Waals surface area contributed by atoms with Crippen molar-refractivity contribution in [2.75, 3.05) is 26.3 Å². The molecule has 0 atom stereocenters. The molecule has 0 bridgehead atoms. The van der Waals surface area contributed by atoms with E-state index in [2.05, 4.69) is 35.4 Å². The van der Waals surface area contributed by atoms with E-state index in [-0.39, 0.29) is 13.2 Å². The first kappa shape index (κ1) is 14.5. The molecule has 0 saturated heterocycles. The lowest BCUT2D eigenvalue weighted by Crippen LogP contribution is -2.29. The molecule has 0 radical (unpaired) electrons. The molecule has 4 heteroatoms. The van der Waals surface area contributed by atoms with Gasteiger partial charge in [-0.15, -0.1) is 11.3 Å². The summed E-state index contributed by atoms with van der Waals surface area (Å²) in [6.45, 7) is 4.41. The molecule has 1 heterocycles. The molecule has 1 aromatic carbocycles. The van der Waals surface area contributed by atoms with E-state index in [9.17, 15) is 0 Å². The maximum atomic E-state index is 9.07. The van der Waals surface area contributed by atoms with E-state index in [1.54, 1.807) is 11.3 Å². The molecule has 0 aliphatic carbocycles. The molecule has 2 aromatic rings. The number of fused-ring (bicyclic) bond motifs is 1. The number of aliphatic hydroxyl groups excluding tert-OH is 2. The minimum atomic E-state index is 0.127. The molecule has 0 fully saturated rings. The topological polar surface area (TPSA) is 43.7 Å². The molecule has 0 aliphatic heterocycles. The summed E-state index contributed by atoms with van der Waals surface area (Å²) in [5.41, 5.74) is 2.64. The van der Waals surface area contributed by atoms with Crippen molar-refractivity contribution >= 4 is 21.4 Å². The summed E-state index contributed by atoms with van der Waals surface area (Å²) in [5.74, 6) is 0. The van der Waals surface area contributed by atoms with Crippen LogP contribution < -0.4 is 0 Å². The molecule has 19 heavy (non-hydrogen) atoms. The molecule has 1 aromatic heterocycles. The number of rotatable bonds is 7. The van der Waals surface area contributed by atoms with Crippen LogP contribution in [0.2, 0.25) is 0 Å². The van der Waals surface area contributed by atoms with Gasteiger partial charge in [-0.05, 0) is 40.4 Å². The summed E-state index contributed by atoms with van der Waals surface area (Å²) in [4.78, 5) is 2.08. The number of aliphatic hydroxyl groups is 2. The van der Waals surface area contributed by atoms with Crippen LogP contribution in [-0.2, 0) is 13.0 Å². The molecule has 0 amide bonds. The van der Waals surface area contributed by atoms with E-state index in [4.69, 9.17) is 10.2 Å². The Morgan fingerprint density at radius 2 is 1.89 bits per heavy atom. The highest BCUT2D eigenvalue weighted by atomic mass is 32.1. The van der Waals surface area contributed by atoms with E-state index in [0.29, 0.717) is 13.1 Å². The van der Waals surface area contributed by atoms with Gasteiger partial charge in [-0.1, -0.05) is 13.0 Å². The fraction of sp³-hybridized carbons (Fsp3) is 0.467. The first-order valence-electron chi connectivity index (χ1n) is 6.71. The van der Waals surface area contributed by atoms with Crippen LogP contribution in [0.1, 0.15) is 18.1 Å². The Morgan fingerprint density at radius 3 is 2.53 bits per heavy atom. The van der Waals surface area contributed by atoms with Crippen LogP contribution in [-0.4, -0.2) is 41.4 Å². The van der Waals surface area contributed by atoms with Crippen molar-refractivity contribution in [3.8, 4) is 0 Å². The van der Waals surface area contributed by atoms with Crippen LogP contribution in [0.25, 0.3) is 10.1 Å². The molecule has 0 saturated carbocycles. The third kappa shape index (κ3) is 3.54. The summed E-state index contributed by atoms with van der Waals surface area (Å²) in [5, 5.41) is 21.6. The lowest BCUT2D eigenvalue weighted by molar-refractivity contribution is 0.156. The zero-order chi connectivity index (χ0) is 13.7. The zero-order valence-electron chi connectivity index (χ0n) is 11.3. The van der Waals surface area contributed by atoms with Gasteiger partial charge < -0.3 is 10.2 Å². The van der Waals surface area contributed by atoms with Gasteiger partial charge in [0.15, 0.2) is 0 Å². The van der Waals surface area contributed by atoms with Crippen LogP contribution >= 0.6 is 11.3 Å². The van der Waals surface area contributed by atoms with Gasteiger partial charge in [-0.2, -0.15) is 0 Å². The monoisotopic (exact) mass is 279 g/mol. The predicted molar refractivity (Wildman–Crippen MR) is 80.7 cm³/mol. The SMILES string of the molecule is CCc1ccc2scc(CN(CCO)CCO)c2c1. The lowest BCUT2D eigenvalue weighted by atomic mass is 10.1. The van der Waals surface area contributed by atoms with E-state index >= 15 is 0 Å². The van der Waals surface area contributed by atoms with Crippen molar-refractivity contribution in [3.63, 3.8) is 0 Å². The molecule has 0 aliphatic rings. The Labute approximate surface area is 118 Å². The highest BCUT2D eigenvalue weighted by Gasteiger charge is 2.09. The molecule has 104 valence electrons. The quantitative estimate of drug-likeness (QED) is 0.817. The second-order valence-corrected chi connectivity index (χ2v) is 5.58. The maximum absolute atomic E-state index is 9.07. The fourth-order valence-corrected chi connectivity index (χ4v) is 3.20. The van der Waals surface area contributed by atoms with Crippen molar-refractivity contribution in [2.24, 2.45) is 0 Å². The first-order chi connectivity index (χ1) is 9.28. The summed E-state index contributed by atoms with van der Waals surface area (Å²) >= 11 is 1.76. The number of hydrogen-bond acceptors (Lipinski definition) is 4. The second kappa shape index (κ2) is 7.01. The Bertz CT molecular complexity index is 518. The van der Waals surface area contributed by atoms with Crippen molar-refractivity contribution in [3.05, 3.63) is 34.7 Å². The Balaban J connectivity index is 2.23. The van der Waals surface area contributed by atoms with Gasteiger partial charge in [-0.25, -0.2) is 0 Å². The van der Waals surface area contributed by atoms with Crippen LogP contribution in [0.15, 0.2) is 23.6 Å². The number of benzene rings is 1. The van der Waals surface area contributed by atoms with Crippen molar-refractivity contribution < 1.29 is 10.2 Å². The number of hydrogen-bond donors (Lipinski definition) is 2. The Morgan fingerprint density at radius 1 is 1.16 bits per heavy atom. The van der Waals surface area contributed by atoms with E-state index in [0.717, 1.165) is 13.0 Å². The van der Waals surface area contributed by atoms with Crippen LogP contribution in [0.5, 0.6) is 0 Å². The van der Waals surface area contributed by atoms with Gasteiger partial charge in [0.05, 0.1) is 13.2 Å². The van der Waals surface area contributed by atoms with Gasteiger partial charge in [0.2, 0.25) is 0 Å². The smallest absolute Gasteiger partial charge is 0.0558 e. The van der Waals surface area contributed by atoms with Crippen molar-refractivity contribution in [1.82, 2.24) is 4.90 Å². The average Bonchev–Trinajstić information content (AvgIpc) is 2.82.